The van der Waals surface area contributed by atoms with E-state index in [9.17, 15) is 4.79 Å². The zero-order valence-electron chi connectivity index (χ0n) is 16.4. The van der Waals surface area contributed by atoms with E-state index in [4.69, 9.17) is 9.47 Å². The molecule has 0 radical (unpaired) electrons. The highest BCUT2D eigenvalue weighted by Crippen LogP contribution is 2.31. The first-order chi connectivity index (χ1) is 14.2. The van der Waals surface area contributed by atoms with Crippen LogP contribution in [-0.2, 0) is 9.53 Å². The Morgan fingerprint density at radius 2 is 2.10 bits per heavy atom. The topological polar surface area (TPSA) is 76.6 Å². The fourth-order valence-corrected chi connectivity index (χ4v) is 4.22. The number of morpholine rings is 1. The van der Waals surface area contributed by atoms with E-state index in [1.54, 1.807) is 6.20 Å². The summed E-state index contributed by atoms with van der Waals surface area (Å²) in [4.78, 5) is 22.4. The van der Waals surface area contributed by atoms with E-state index in [0.717, 1.165) is 66.4 Å². The van der Waals surface area contributed by atoms with E-state index in [2.05, 4.69) is 26.3 Å². The third-order valence-corrected chi connectivity index (χ3v) is 5.64. The third kappa shape index (κ3) is 5.29. The number of ether oxygens (including phenoxy) is 2. The van der Waals surface area contributed by atoms with Gasteiger partial charge < -0.3 is 14.8 Å². The lowest BCUT2D eigenvalue weighted by Crippen LogP contribution is -2.37. The maximum absolute atomic E-state index is 11.2. The van der Waals surface area contributed by atoms with Gasteiger partial charge in [0.1, 0.15) is 5.75 Å². The minimum Gasteiger partial charge on any atom is -0.492 e. The molecule has 2 aromatic heterocycles. The minimum atomic E-state index is -0.119. The molecule has 8 heteroatoms. The lowest BCUT2D eigenvalue weighted by Gasteiger charge is -2.26. The van der Waals surface area contributed by atoms with Gasteiger partial charge in [-0.2, -0.15) is 0 Å². The van der Waals surface area contributed by atoms with Crippen LogP contribution in [0.5, 0.6) is 5.75 Å². The van der Waals surface area contributed by atoms with Gasteiger partial charge in [0.05, 0.1) is 36.2 Å². The average molecular weight is 413 g/mol. The summed E-state index contributed by atoms with van der Waals surface area (Å²) in [5, 5.41) is 3.35. The number of hydrogen-bond donors (Lipinski definition) is 1. The van der Waals surface area contributed by atoms with Crippen LogP contribution >= 0.6 is 11.3 Å². The van der Waals surface area contributed by atoms with E-state index < -0.39 is 0 Å². The van der Waals surface area contributed by atoms with Crippen molar-refractivity contribution in [2.24, 2.45) is 0 Å². The van der Waals surface area contributed by atoms with Gasteiger partial charge in [0.15, 0.2) is 5.13 Å². The van der Waals surface area contributed by atoms with Crippen molar-refractivity contribution in [1.82, 2.24) is 14.9 Å². The van der Waals surface area contributed by atoms with Crippen molar-refractivity contribution >= 4 is 32.6 Å². The molecule has 7 nitrogen and oxygen atoms in total. The third-order valence-electron chi connectivity index (χ3n) is 4.71. The Balaban J connectivity index is 1.39. The van der Waals surface area contributed by atoms with Crippen molar-refractivity contribution < 1.29 is 14.3 Å². The number of amides is 1. The van der Waals surface area contributed by atoms with Crippen LogP contribution in [0.3, 0.4) is 0 Å². The highest BCUT2D eigenvalue weighted by Gasteiger charge is 2.10. The van der Waals surface area contributed by atoms with Crippen LogP contribution in [0.2, 0.25) is 0 Å². The predicted octanol–water partition coefficient (Wildman–Crippen LogP) is 3.42. The van der Waals surface area contributed by atoms with Crippen LogP contribution < -0.4 is 10.1 Å². The zero-order chi connectivity index (χ0) is 20.1. The summed E-state index contributed by atoms with van der Waals surface area (Å²) in [6.45, 7) is 6.81. The Morgan fingerprint density at radius 1 is 1.24 bits per heavy atom. The van der Waals surface area contributed by atoms with Gasteiger partial charge in [0, 0.05) is 38.3 Å². The number of aromatic nitrogens is 2. The largest absolute Gasteiger partial charge is 0.492 e. The minimum absolute atomic E-state index is 0.119. The lowest BCUT2D eigenvalue weighted by molar-refractivity contribution is -0.114. The summed E-state index contributed by atoms with van der Waals surface area (Å²) in [6.07, 6.45) is 4.55. The molecule has 1 aliphatic heterocycles. The van der Waals surface area contributed by atoms with Crippen LogP contribution in [-0.4, -0.2) is 60.2 Å². The Labute approximate surface area is 173 Å². The Kier molecular flexibility index (Phi) is 6.33. The fourth-order valence-electron chi connectivity index (χ4n) is 3.27. The van der Waals surface area contributed by atoms with Crippen molar-refractivity contribution in [2.45, 2.75) is 13.3 Å². The number of rotatable bonds is 7. The molecule has 1 fully saturated rings. The summed E-state index contributed by atoms with van der Waals surface area (Å²) in [5.41, 5.74) is 2.90. The zero-order valence-corrected chi connectivity index (χ0v) is 17.2. The van der Waals surface area contributed by atoms with Gasteiger partial charge >= 0.3 is 0 Å². The highest BCUT2D eigenvalue weighted by molar-refractivity contribution is 7.22. The van der Waals surface area contributed by atoms with Crippen LogP contribution in [0, 0.1) is 0 Å². The summed E-state index contributed by atoms with van der Waals surface area (Å²) < 4.78 is 12.3. The second kappa shape index (κ2) is 9.30. The van der Waals surface area contributed by atoms with Crippen LogP contribution in [0.25, 0.3) is 21.3 Å². The van der Waals surface area contributed by atoms with Gasteiger partial charge in [-0.3, -0.25) is 14.7 Å². The predicted molar refractivity (Wildman–Crippen MR) is 115 cm³/mol. The number of nitrogens with one attached hydrogen (secondary N) is 1. The molecule has 29 heavy (non-hydrogen) atoms. The number of hydrogen-bond acceptors (Lipinski definition) is 7. The van der Waals surface area contributed by atoms with Crippen molar-refractivity contribution in [2.75, 3.05) is 44.8 Å². The first-order valence-corrected chi connectivity index (χ1v) is 10.6. The van der Waals surface area contributed by atoms with Gasteiger partial charge in [-0.25, -0.2) is 4.98 Å². The molecule has 3 heterocycles. The second-order valence-corrected chi connectivity index (χ2v) is 7.98. The van der Waals surface area contributed by atoms with Gasteiger partial charge in [0.25, 0.3) is 0 Å². The summed E-state index contributed by atoms with van der Waals surface area (Å²) in [6, 6.07) is 8.05. The first-order valence-electron chi connectivity index (χ1n) is 9.74. The van der Waals surface area contributed by atoms with E-state index in [0.29, 0.717) is 11.7 Å². The van der Waals surface area contributed by atoms with Gasteiger partial charge in [-0.15, -0.1) is 0 Å². The van der Waals surface area contributed by atoms with E-state index in [1.807, 2.05) is 24.4 Å². The quantitative estimate of drug-likeness (QED) is 0.599. The number of nitrogens with zero attached hydrogens (tertiary/aromatic N) is 3. The number of pyridine rings is 1. The molecule has 0 unspecified atom stereocenters. The molecule has 152 valence electrons. The molecule has 0 spiro atoms. The normalized spacial score (nSPS) is 14.8. The average Bonchev–Trinajstić information content (AvgIpc) is 3.13. The molecule has 1 saturated heterocycles. The van der Waals surface area contributed by atoms with E-state index in [-0.39, 0.29) is 5.91 Å². The van der Waals surface area contributed by atoms with Crippen molar-refractivity contribution in [3.63, 3.8) is 0 Å². The molecule has 0 aliphatic carbocycles. The SMILES string of the molecule is CC(=O)Nc1nc2ccc(-c3cncc(OCCCN4CCOCC4)c3)cc2s1. The molecule has 1 N–H and O–H groups in total. The van der Waals surface area contributed by atoms with Crippen molar-refractivity contribution in [1.29, 1.82) is 0 Å². The Morgan fingerprint density at radius 3 is 2.93 bits per heavy atom. The number of fused-ring (bicyclic) bond motifs is 1. The molecule has 1 aromatic carbocycles. The molecular weight excluding hydrogens is 388 g/mol. The number of anilines is 1. The summed E-state index contributed by atoms with van der Waals surface area (Å²) in [5.74, 6) is 0.653. The molecular formula is C21H24N4O3S. The monoisotopic (exact) mass is 412 g/mol. The number of thiazole rings is 1. The fraction of sp³-hybridized carbons (Fsp3) is 0.381. The van der Waals surface area contributed by atoms with E-state index in [1.165, 1.54) is 18.3 Å². The van der Waals surface area contributed by atoms with Crippen LogP contribution in [0.15, 0.2) is 36.7 Å². The molecule has 0 atom stereocenters. The van der Waals surface area contributed by atoms with Gasteiger partial charge in [-0.05, 0) is 30.2 Å². The maximum atomic E-state index is 11.2. The molecule has 1 aliphatic rings. The lowest BCUT2D eigenvalue weighted by atomic mass is 10.1. The van der Waals surface area contributed by atoms with Gasteiger partial charge in [-0.1, -0.05) is 17.4 Å². The second-order valence-electron chi connectivity index (χ2n) is 6.95. The maximum Gasteiger partial charge on any atom is 0.223 e. The van der Waals surface area contributed by atoms with Crippen LogP contribution in [0.1, 0.15) is 13.3 Å². The van der Waals surface area contributed by atoms with Crippen LogP contribution in [0.4, 0.5) is 5.13 Å². The molecule has 0 bridgehead atoms. The Bertz CT molecular complexity index is 985. The van der Waals surface area contributed by atoms with E-state index >= 15 is 0 Å². The standard InChI is InChI=1S/C21H24N4O3S/c1-15(26)23-21-24-19-4-3-16(12-20(19)29-21)17-11-18(14-22-13-17)28-8-2-5-25-6-9-27-10-7-25/h3-4,11-14H,2,5-10H2,1H3,(H,23,24,26). The van der Waals surface area contributed by atoms with Crippen molar-refractivity contribution in [3.05, 3.63) is 36.7 Å². The van der Waals surface area contributed by atoms with Gasteiger partial charge in [0.2, 0.25) is 5.91 Å². The summed E-state index contributed by atoms with van der Waals surface area (Å²) in [7, 11) is 0. The number of carbonyl (C=O) groups excluding carboxylic acids is 1. The molecule has 3 aromatic rings. The smallest absolute Gasteiger partial charge is 0.223 e. The number of carbonyl (C=O) groups is 1. The highest BCUT2D eigenvalue weighted by atomic mass is 32.1. The summed E-state index contributed by atoms with van der Waals surface area (Å²) >= 11 is 1.46. The molecule has 0 saturated carbocycles. The number of benzene rings is 1. The Hall–Kier alpha value is -2.55. The first kappa shape index (κ1) is 19.8. The van der Waals surface area contributed by atoms with Crippen molar-refractivity contribution in [3.8, 4) is 16.9 Å². The molecule has 4 rings (SSSR count). The molecule has 1 amide bonds.